The van der Waals surface area contributed by atoms with Gasteiger partial charge in [-0.2, -0.15) is 11.3 Å². The highest BCUT2D eigenvalue weighted by molar-refractivity contribution is 7.07. The van der Waals surface area contributed by atoms with E-state index in [4.69, 9.17) is 0 Å². The predicted molar refractivity (Wildman–Crippen MR) is 80.3 cm³/mol. The zero-order chi connectivity index (χ0) is 13.7. The number of hydrogen-bond acceptors (Lipinski definition) is 2. The molecule has 0 saturated heterocycles. The van der Waals surface area contributed by atoms with Crippen LogP contribution in [0.15, 0.2) is 41.1 Å². The molecular formula is C16H20FNS. The molecule has 1 unspecified atom stereocenters. The summed E-state index contributed by atoms with van der Waals surface area (Å²) in [6.07, 6.45) is 0.879. The van der Waals surface area contributed by atoms with Gasteiger partial charge in [0.2, 0.25) is 0 Å². The molecule has 2 rings (SSSR count). The molecule has 3 heteroatoms. The van der Waals surface area contributed by atoms with E-state index < -0.39 is 0 Å². The van der Waals surface area contributed by atoms with Crippen LogP contribution in [-0.2, 0) is 6.42 Å². The molecule has 1 N–H and O–H groups in total. The molecule has 0 radical (unpaired) electrons. The van der Waals surface area contributed by atoms with Crippen molar-refractivity contribution in [1.82, 2.24) is 5.32 Å². The van der Waals surface area contributed by atoms with Gasteiger partial charge in [0.15, 0.2) is 0 Å². The standard InChI is InChI=1S/C16H20FNS/c1-12(2)18-10-14(9-13-7-8-19-11-13)15-5-3-4-6-16(15)17/h3-8,11-12,14,18H,9-10H2,1-2H3. The Morgan fingerprint density at radius 1 is 1.21 bits per heavy atom. The molecule has 1 heterocycles. The van der Waals surface area contributed by atoms with E-state index in [0.717, 1.165) is 18.5 Å². The third kappa shape index (κ3) is 4.15. The maximum atomic E-state index is 14.0. The van der Waals surface area contributed by atoms with Gasteiger partial charge in [0.1, 0.15) is 5.82 Å². The van der Waals surface area contributed by atoms with Crippen molar-refractivity contribution in [1.29, 1.82) is 0 Å². The second-order valence-corrected chi connectivity index (χ2v) is 5.90. The first kappa shape index (κ1) is 14.2. The largest absolute Gasteiger partial charge is 0.314 e. The Morgan fingerprint density at radius 3 is 2.63 bits per heavy atom. The second kappa shape index (κ2) is 6.83. The molecule has 0 fully saturated rings. The van der Waals surface area contributed by atoms with Crippen LogP contribution in [0.3, 0.4) is 0 Å². The number of halogens is 1. The van der Waals surface area contributed by atoms with Crippen LogP contribution in [0.4, 0.5) is 4.39 Å². The lowest BCUT2D eigenvalue weighted by molar-refractivity contribution is 0.506. The molecule has 0 amide bonds. The normalized spacial score (nSPS) is 12.8. The van der Waals surface area contributed by atoms with Crippen molar-refractivity contribution in [3.05, 3.63) is 58.0 Å². The van der Waals surface area contributed by atoms with Gasteiger partial charge >= 0.3 is 0 Å². The van der Waals surface area contributed by atoms with Crippen molar-refractivity contribution in [2.24, 2.45) is 0 Å². The Kier molecular flexibility index (Phi) is 5.11. The molecule has 102 valence electrons. The molecule has 1 aromatic heterocycles. The van der Waals surface area contributed by atoms with Crippen LogP contribution in [0.25, 0.3) is 0 Å². The van der Waals surface area contributed by atoms with Crippen molar-refractivity contribution in [2.75, 3.05) is 6.54 Å². The molecule has 1 nitrogen and oxygen atoms in total. The highest BCUT2D eigenvalue weighted by Crippen LogP contribution is 2.24. The summed E-state index contributed by atoms with van der Waals surface area (Å²) in [5.74, 6) is 0.0754. The summed E-state index contributed by atoms with van der Waals surface area (Å²) < 4.78 is 14.0. The molecule has 0 bridgehead atoms. The minimum Gasteiger partial charge on any atom is -0.314 e. The Labute approximate surface area is 118 Å². The summed E-state index contributed by atoms with van der Waals surface area (Å²) in [5, 5.41) is 7.64. The lowest BCUT2D eigenvalue weighted by atomic mass is 9.92. The van der Waals surface area contributed by atoms with Gasteiger partial charge in [0, 0.05) is 18.5 Å². The lowest BCUT2D eigenvalue weighted by Crippen LogP contribution is -2.29. The molecule has 2 aromatic rings. The van der Waals surface area contributed by atoms with Gasteiger partial charge in [-0.25, -0.2) is 4.39 Å². The van der Waals surface area contributed by atoms with Crippen LogP contribution in [0.1, 0.15) is 30.9 Å². The van der Waals surface area contributed by atoms with E-state index in [1.165, 1.54) is 5.56 Å². The monoisotopic (exact) mass is 277 g/mol. The lowest BCUT2D eigenvalue weighted by Gasteiger charge is -2.20. The van der Waals surface area contributed by atoms with E-state index in [-0.39, 0.29) is 11.7 Å². The average Bonchev–Trinajstić information content (AvgIpc) is 2.88. The minimum absolute atomic E-state index is 0.103. The smallest absolute Gasteiger partial charge is 0.126 e. The Bertz CT molecular complexity index is 493. The van der Waals surface area contributed by atoms with Crippen LogP contribution in [0, 0.1) is 5.82 Å². The van der Waals surface area contributed by atoms with Crippen LogP contribution >= 0.6 is 11.3 Å². The van der Waals surface area contributed by atoms with Gasteiger partial charge in [0.25, 0.3) is 0 Å². The van der Waals surface area contributed by atoms with E-state index in [1.54, 1.807) is 23.5 Å². The summed E-state index contributed by atoms with van der Waals surface area (Å²) in [5.41, 5.74) is 2.09. The molecule has 0 aliphatic heterocycles. The third-order valence-electron chi connectivity index (χ3n) is 3.18. The van der Waals surface area contributed by atoms with Crippen LogP contribution in [0.5, 0.6) is 0 Å². The maximum Gasteiger partial charge on any atom is 0.126 e. The Hall–Kier alpha value is -1.19. The van der Waals surface area contributed by atoms with Crippen molar-refractivity contribution in [3.8, 4) is 0 Å². The van der Waals surface area contributed by atoms with E-state index in [9.17, 15) is 4.39 Å². The number of thiophene rings is 1. The van der Waals surface area contributed by atoms with Crippen LogP contribution in [0.2, 0.25) is 0 Å². The first-order valence-corrected chi connectivity index (χ1v) is 7.60. The summed E-state index contributed by atoms with van der Waals surface area (Å²) in [4.78, 5) is 0. The minimum atomic E-state index is -0.103. The van der Waals surface area contributed by atoms with E-state index in [0.29, 0.717) is 6.04 Å². The first-order valence-electron chi connectivity index (χ1n) is 6.65. The molecule has 0 aliphatic rings. The molecular weight excluding hydrogens is 257 g/mol. The Morgan fingerprint density at radius 2 is 2.00 bits per heavy atom. The van der Waals surface area contributed by atoms with Gasteiger partial charge in [0.05, 0.1) is 0 Å². The van der Waals surface area contributed by atoms with Crippen molar-refractivity contribution in [3.63, 3.8) is 0 Å². The van der Waals surface area contributed by atoms with Gasteiger partial charge < -0.3 is 5.32 Å². The average molecular weight is 277 g/mol. The summed E-state index contributed by atoms with van der Waals surface area (Å²) in [6.45, 7) is 5.03. The van der Waals surface area contributed by atoms with Gasteiger partial charge in [-0.3, -0.25) is 0 Å². The molecule has 0 aliphatic carbocycles. The number of hydrogen-bond donors (Lipinski definition) is 1. The zero-order valence-corrected chi connectivity index (χ0v) is 12.2. The number of rotatable bonds is 6. The molecule has 19 heavy (non-hydrogen) atoms. The number of benzene rings is 1. The SMILES string of the molecule is CC(C)NCC(Cc1ccsc1)c1ccccc1F. The molecule has 1 atom stereocenters. The fraction of sp³-hybridized carbons (Fsp3) is 0.375. The summed E-state index contributed by atoms with van der Waals surface area (Å²) >= 11 is 1.69. The van der Waals surface area contributed by atoms with E-state index in [1.807, 2.05) is 12.1 Å². The van der Waals surface area contributed by atoms with Crippen molar-refractivity contribution in [2.45, 2.75) is 32.2 Å². The molecule has 0 saturated carbocycles. The van der Waals surface area contributed by atoms with Gasteiger partial charge in [-0.15, -0.1) is 0 Å². The summed E-state index contributed by atoms with van der Waals surface area (Å²) in [7, 11) is 0. The topological polar surface area (TPSA) is 12.0 Å². The zero-order valence-electron chi connectivity index (χ0n) is 11.4. The highest BCUT2D eigenvalue weighted by Gasteiger charge is 2.16. The molecule has 1 aromatic carbocycles. The quantitative estimate of drug-likeness (QED) is 0.834. The number of nitrogens with one attached hydrogen (secondary N) is 1. The Balaban J connectivity index is 2.16. The fourth-order valence-corrected chi connectivity index (χ4v) is 2.85. The van der Waals surface area contributed by atoms with E-state index >= 15 is 0 Å². The van der Waals surface area contributed by atoms with Gasteiger partial charge in [-0.05, 0) is 40.4 Å². The fourth-order valence-electron chi connectivity index (χ4n) is 2.17. The maximum absolute atomic E-state index is 14.0. The highest BCUT2D eigenvalue weighted by atomic mass is 32.1. The van der Waals surface area contributed by atoms with Crippen molar-refractivity contribution >= 4 is 11.3 Å². The van der Waals surface area contributed by atoms with Gasteiger partial charge in [-0.1, -0.05) is 32.0 Å². The molecule has 0 spiro atoms. The first-order chi connectivity index (χ1) is 9.16. The third-order valence-corrected chi connectivity index (χ3v) is 3.91. The second-order valence-electron chi connectivity index (χ2n) is 5.12. The van der Waals surface area contributed by atoms with Crippen LogP contribution < -0.4 is 5.32 Å². The van der Waals surface area contributed by atoms with Crippen LogP contribution in [-0.4, -0.2) is 12.6 Å². The summed E-state index contributed by atoms with van der Waals surface area (Å²) in [6, 6.07) is 9.63. The van der Waals surface area contributed by atoms with Crippen molar-refractivity contribution < 1.29 is 4.39 Å². The predicted octanol–water partition coefficient (Wildman–Crippen LogP) is 4.21. The van der Waals surface area contributed by atoms with E-state index in [2.05, 4.69) is 36.0 Å².